The van der Waals surface area contributed by atoms with Gasteiger partial charge >= 0.3 is 0 Å². The van der Waals surface area contributed by atoms with E-state index in [9.17, 15) is 4.39 Å². The zero-order chi connectivity index (χ0) is 23.7. The minimum absolute atomic E-state index is 0.0604. The first-order valence-electron chi connectivity index (χ1n) is 11.4. The van der Waals surface area contributed by atoms with Gasteiger partial charge in [-0.15, -0.1) is 0 Å². The van der Waals surface area contributed by atoms with Crippen LogP contribution in [-0.4, -0.2) is 42.2 Å². The van der Waals surface area contributed by atoms with Gasteiger partial charge in [-0.25, -0.2) is 9.97 Å². The molecule has 1 N–H and O–H groups in total. The van der Waals surface area contributed by atoms with Gasteiger partial charge in [0.1, 0.15) is 23.7 Å². The third kappa shape index (κ3) is 4.05. The second-order valence-electron chi connectivity index (χ2n) is 8.45. The van der Waals surface area contributed by atoms with Crippen LogP contribution < -0.4 is 10.1 Å². The van der Waals surface area contributed by atoms with Crippen molar-refractivity contribution in [3.8, 4) is 23.2 Å². The predicted molar refractivity (Wildman–Crippen MR) is 125 cm³/mol. The Bertz CT molecular complexity index is 1360. The molecule has 5 rings (SSSR count). The SMILES string of the molecule is CCNc1cc2c(cn1)c(-c1cnn(C)c1)nn2C1CCC(Oc2nccc(C#N)c2F)CC1. The molecule has 174 valence electrons. The molecule has 0 bridgehead atoms. The molecule has 4 aromatic rings. The van der Waals surface area contributed by atoms with Gasteiger partial charge in [0.25, 0.3) is 5.88 Å². The van der Waals surface area contributed by atoms with Gasteiger partial charge in [0.05, 0.1) is 23.3 Å². The smallest absolute Gasteiger partial charge is 0.252 e. The summed E-state index contributed by atoms with van der Waals surface area (Å²) in [7, 11) is 1.88. The van der Waals surface area contributed by atoms with Crippen LogP contribution in [0.15, 0.2) is 36.9 Å². The number of anilines is 1. The quantitative estimate of drug-likeness (QED) is 0.459. The van der Waals surface area contributed by atoms with Crippen molar-refractivity contribution in [2.75, 3.05) is 11.9 Å². The van der Waals surface area contributed by atoms with Crippen molar-refractivity contribution in [2.24, 2.45) is 7.05 Å². The van der Waals surface area contributed by atoms with Crippen LogP contribution in [0.4, 0.5) is 10.2 Å². The molecule has 4 aromatic heterocycles. The number of nitriles is 1. The number of pyridine rings is 2. The van der Waals surface area contributed by atoms with Gasteiger partial charge < -0.3 is 10.1 Å². The summed E-state index contributed by atoms with van der Waals surface area (Å²) in [4.78, 5) is 8.53. The molecular formula is C24H25FN8O. The molecule has 1 saturated carbocycles. The summed E-state index contributed by atoms with van der Waals surface area (Å²) in [6.45, 7) is 2.82. The largest absolute Gasteiger partial charge is 0.472 e. The van der Waals surface area contributed by atoms with E-state index >= 15 is 0 Å². The lowest BCUT2D eigenvalue weighted by molar-refractivity contribution is 0.120. The Hall–Kier alpha value is -4.00. The van der Waals surface area contributed by atoms with Crippen LogP contribution >= 0.6 is 0 Å². The van der Waals surface area contributed by atoms with E-state index in [1.807, 2.05) is 44.7 Å². The fourth-order valence-corrected chi connectivity index (χ4v) is 4.50. The first-order chi connectivity index (χ1) is 16.6. The van der Waals surface area contributed by atoms with Crippen LogP contribution in [0, 0.1) is 17.1 Å². The number of aromatic nitrogens is 6. The van der Waals surface area contributed by atoms with E-state index in [2.05, 4.69) is 25.1 Å². The van der Waals surface area contributed by atoms with Crippen molar-refractivity contribution in [3.63, 3.8) is 0 Å². The Labute approximate surface area is 196 Å². The first kappa shape index (κ1) is 21.8. The molecule has 34 heavy (non-hydrogen) atoms. The second kappa shape index (κ2) is 9.09. The fraction of sp³-hybridized carbons (Fsp3) is 0.375. The van der Waals surface area contributed by atoms with Crippen LogP contribution in [-0.2, 0) is 7.05 Å². The first-order valence-corrected chi connectivity index (χ1v) is 11.4. The summed E-state index contributed by atoms with van der Waals surface area (Å²) < 4.78 is 24.0. The van der Waals surface area contributed by atoms with E-state index < -0.39 is 5.82 Å². The number of rotatable bonds is 6. The molecule has 10 heteroatoms. The van der Waals surface area contributed by atoms with Gasteiger partial charge in [-0.05, 0) is 38.7 Å². The molecule has 0 saturated heterocycles. The lowest BCUT2D eigenvalue weighted by Gasteiger charge is -2.29. The lowest BCUT2D eigenvalue weighted by atomic mass is 9.93. The monoisotopic (exact) mass is 460 g/mol. The minimum atomic E-state index is -0.699. The minimum Gasteiger partial charge on any atom is -0.472 e. The Morgan fingerprint density at radius 1 is 1.24 bits per heavy atom. The van der Waals surface area contributed by atoms with Crippen LogP contribution in [0.1, 0.15) is 44.2 Å². The molecule has 0 radical (unpaired) electrons. The summed E-state index contributed by atoms with van der Waals surface area (Å²) in [5, 5.41) is 22.6. The molecule has 0 amide bonds. The molecule has 1 aliphatic rings. The Morgan fingerprint density at radius 2 is 2.06 bits per heavy atom. The number of hydrogen-bond acceptors (Lipinski definition) is 7. The Morgan fingerprint density at radius 3 is 2.76 bits per heavy atom. The Balaban J connectivity index is 1.40. The highest BCUT2D eigenvalue weighted by Gasteiger charge is 2.28. The average molecular weight is 461 g/mol. The van der Waals surface area contributed by atoms with E-state index in [0.717, 1.165) is 60.2 Å². The number of ether oxygens (including phenoxy) is 1. The topological polar surface area (TPSA) is 106 Å². The maximum atomic E-state index is 14.4. The van der Waals surface area contributed by atoms with Crippen LogP contribution in [0.5, 0.6) is 5.88 Å². The number of nitrogens with one attached hydrogen (secondary N) is 1. The highest BCUT2D eigenvalue weighted by molar-refractivity contribution is 5.93. The van der Waals surface area contributed by atoms with Gasteiger partial charge in [-0.2, -0.15) is 19.8 Å². The van der Waals surface area contributed by atoms with Crippen LogP contribution in [0.2, 0.25) is 0 Å². The van der Waals surface area contributed by atoms with Gasteiger partial charge in [0.15, 0.2) is 0 Å². The normalized spacial score (nSPS) is 18.1. The molecule has 1 aliphatic carbocycles. The summed E-state index contributed by atoms with van der Waals surface area (Å²) >= 11 is 0. The number of fused-ring (bicyclic) bond motifs is 1. The molecule has 4 heterocycles. The number of halogens is 1. The van der Waals surface area contributed by atoms with E-state index in [1.54, 1.807) is 4.68 Å². The highest BCUT2D eigenvalue weighted by atomic mass is 19.1. The predicted octanol–water partition coefficient (Wildman–Crippen LogP) is 4.23. The molecule has 0 aliphatic heterocycles. The maximum Gasteiger partial charge on any atom is 0.252 e. The Kier molecular flexibility index (Phi) is 5.84. The standard InChI is InChI=1S/C24H25FN8O/c1-3-27-21-10-20-19(13-29-21)23(16-12-30-32(2)14-16)31-33(20)17-4-6-18(7-5-17)34-24-22(25)15(11-26)8-9-28-24/h8-10,12-14,17-18H,3-7H2,1-2H3,(H,27,29). The van der Waals surface area contributed by atoms with Crippen LogP contribution in [0.25, 0.3) is 22.2 Å². The van der Waals surface area contributed by atoms with Crippen molar-refractivity contribution < 1.29 is 9.13 Å². The molecule has 1 fully saturated rings. The van der Waals surface area contributed by atoms with Crippen molar-refractivity contribution in [1.82, 2.24) is 29.5 Å². The highest BCUT2D eigenvalue weighted by Crippen LogP contribution is 2.36. The zero-order valence-electron chi connectivity index (χ0n) is 19.1. The van der Waals surface area contributed by atoms with Crippen molar-refractivity contribution in [3.05, 3.63) is 48.3 Å². The number of aryl methyl sites for hydroxylation is 1. The third-order valence-corrected chi connectivity index (χ3v) is 6.17. The summed E-state index contributed by atoms with van der Waals surface area (Å²) in [5.41, 5.74) is 2.76. The van der Waals surface area contributed by atoms with Gasteiger partial charge in [-0.1, -0.05) is 0 Å². The molecule has 9 nitrogen and oxygen atoms in total. The lowest BCUT2D eigenvalue weighted by Crippen LogP contribution is -2.27. The van der Waals surface area contributed by atoms with Gasteiger partial charge in [0, 0.05) is 49.2 Å². The fourth-order valence-electron chi connectivity index (χ4n) is 4.50. The van der Waals surface area contributed by atoms with Gasteiger partial charge in [-0.3, -0.25) is 9.36 Å². The molecule has 0 atom stereocenters. The summed E-state index contributed by atoms with van der Waals surface area (Å²) in [6, 6.07) is 5.39. The molecular weight excluding hydrogens is 435 g/mol. The van der Waals surface area contributed by atoms with E-state index in [0.29, 0.717) is 0 Å². The molecule has 0 unspecified atom stereocenters. The third-order valence-electron chi connectivity index (χ3n) is 6.17. The summed E-state index contributed by atoms with van der Waals surface area (Å²) in [5.74, 6) is 0.00634. The van der Waals surface area contributed by atoms with Crippen molar-refractivity contribution in [1.29, 1.82) is 5.26 Å². The molecule has 0 aromatic carbocycles. The second-order valence-corrected chi connectivity index (χ2v) is 8.45. The van der Waals surface area contributed by atoms with E-state index in [4.69, 9.17) is 15.1 Å². The van der Waals surface area contributed by atoms with Crippen molar-refractivity contribution >= 4 is 16.7 Å². The maximum absolute atomic E-state index is 14.4. The zero-order valence-corrected chi connectivity index (χ0v) is 19.1. The molecule has 0 spiro atoms. The average Bonchev–Trinajstić information content (AvgIpc) is 3.44. The van der Waals surface area contributed by atoms with E-state index in [-0.39, 0.29) is 23.6 Å². The van der Waals surface area contributed by atoms with Crippen molar-refractivity contribution in [2.45, 2.75) is 44.8 Å². The summed E-state index contributed by atoms with van der Waals surface area (Å²) in [6.07, 6.45) is 9.98. The van der Waals surface area contributed by atoms with E-state index in [1.165, 1.54) is 12.3 Å². The number of nitrogens with zero attached hydrogens (tertiary/aromatic N) is 7. The number of hydrogen-bond donors (Lipinski definition) is 1. The van der Waals surface area contributed by atoms with Gasteiger partial charge in [0.2, 0.25) is 5.82 Å². The van der Waals surface area contributed by atoms with Crippen LogP contribution in [0.3, 0.4) is 0 Å².